The van der Waals surface area contributed by atoms with E-state index in [9.17, 15) is 0 Å². The van der Waals surface area contributed by atoms with Crippen LogP contribution in [-0.4, -0.2) is 58.8 Å². The van der Waals surface area contributed by atoms with Gasteiger partial charge in [0.15, 0.2) is 17.0 Å². The van der Waals surface area contributed by atoms with Gasteiger partial charge in [0, 0.05) is 38.4 Å². The Morgan fingerprint density at radius 1 is 1.20 bits per heavy atom. The molecule has 1 aliphatic heterocycles. The molecule has 156 valence electrons. The fourth-order valence-electron chi connectivity index (χ4n) is 3.27. The van der Waals surface area contributed by atoms with Crippen LogP contribution in [0.1, 0.15) is 25.1 Å². The monoisotopic (exact) mass is 408 g/mol. The number of imidazole rings is 1. The SMILES string of the molecule is CCn1c(-c2cnc(C)nc2)nc2c(N[C@H]3CCNC3)ncnc21.Cc1nnco1. The van der Waals surface area contributed by atoms with Gasteiger partial charge in [-0.3, -0.25) is 0 Å². The second kappa shape index (κ2) is 8.91. The first-order valence-electron chi connectivity index (χ1n) is 9.86. The third-order valence-corrected chi connectivity index (χ3v) is 4.76. The van der Waals surface area contributed by atoms with E-state index in [0.29, 0.717) is 11.9 Å². The van der Waals surface area contributed by atoms with Gasteiger partial charge < -0.3 is 19.6 Å². The average molecular weight is 408 g/mol. The van der Waals surface area contributed by atoms with Gasteiger partial charge in [-0.1, -0.05) is 0 Å². The molecule has 4 aromatic rings. The summed E-state index contributed by atoms with van der Waals surface area (Å²) < 4.78 is 6.68. The smallest absolute Gasteiger partial charge is 0.213 e. The minimum Gasteiger partial charge on any atom is -0.428 e. The maximum atomic E-state index is 4.80. The summed E-state index contributed by atoms with van der Waals surface area (Å²) in [6.07, 6.45) is 7.58. The van der Waals surface area contributed by atoms with Crippen LogP contribution in [-0.2, 0) is 6.54 Å². The van der Waals surface area contributed by atoms with Crippen LogP contribution >= 0.6 is 0 Å². The summed E-state index contributed by atoms with van der Waals surface area (Å²) in [5.41, 5.74) is 2.51. The van der Waals surface area contributed by atoms with E-state index in [4.69, 9.17) is 4.98 Å². The van der Waals surface area contributed by atoms with Crippen LogP contribution in [0, 0.1) is 13.8 Å². The van der Waals surface area contributed by atoms with Gasteiger partial charge in [0.05, 0.1) is 5.56 Å². The summed E-state index contributed by atoms with van der Waals surface area (Å²) in [5, 5.41) is 13.7. The zero-order valence-electron chi connectivity index (χ0n) is 17.2. The Bertz CT molecular complexity index is 1080. The summed E-state index contributed by atoms with van der Waals surface area (Å²) >= 11 is 0. The van der Waals surface area contributed by atoms with Crippen molar-refractivity contribution in [3.63, 3.8) is 0 Å². The van der Waals surface area contributed by atoms with E-state index in [2.05, 4.69) is 56.7 Å². The number of hydrogen-bond donors (Lipinski definition) is 2. The van der Waals surface area contributed by atoms with Gasteiger partial charge in [-0.25, -0.2) is 24.9 Å². The number of hydrogen-bond acceptors (Lipinski definition) is 10. The Hall–Kier alpha value is -3.47. The van der Waals surface area contributed by atoms with Crippen LogP contribution in [0.3, 0.4) is 0 Å². The van der Waals surface area contributed by atoms with E-state index < -0.39 is 0 Å². The van der Waals surface area contributed by atoms with E-state index in [1.54, 1.807) is 25.6 Å². The number of aryl methyl sites for hydroxylation is 3. The predicted molar refractivity (Wildman–Crippen MR) is 111 cm³/mol. The average Bonchev–Trinajstić information content (AvgIpc) is 3.50. The molecular formula is C19H24N10O. The van der Waals surface area contributed by atoms with E-state index in [-0.39, 0.29) is 0 Å². The molecule has 1 saturated heterocycles. The summed E-state index contributed by atoms with van der Waals surface area (Å²) in [7, 11) is 0. The molecule has 0 unspecified atom stereocenters. The quantitative estimate of drug-likeness (QED) is 0.514. The van der Waals surface area contributed by atoms with Gasteiger partial charge in [-0.15, -0.1) is 10.2 Å². The van der Waals surface area contributed by atoms with Crippen LogP contribution in [0.25, 0.3) is 22.6 Å². The highest BCUT2D eigenvalue weighted by molar-refractivity contribution is 5.86. The molecule has 0 bridgehead atoms. The van der Waals surface area contributed by atoms with Crippen LogP contribution in [0.2, 0.25) is 0 Å². The van der Waals surface area contributed by atoms with Gasteiger partial charge >= 0.3 is 0 Å². The number of nitrogens with zero attached hydrogens (tertiary/aromatic N) is 8. The topological polar surface area (TPSA) is 132 Å². The van der Waals surface area contributed by atoms with Crippen molar-refractivity contribution in [2.45, 2.75) is 39.8 Å². The number of nitrogens with one attached hydrogen (secondary N) is 2. The molecule has 0 amide bonds. The lowest BCUT2D eigenvalue weighted by Crippen LogP contribution is -2.22. The Morgan fingerprint density at radius 3 is 2.63 bits per heavy atom. The largest absolute Gasteiger partial charge is 0.428 e. The van der Waals surface area contributed by atoms with Gasteiger partial charge in [-0.2, -0.15) is 0 Å². The van der Waals surface area contributed by atoms with E-state index in [0.717, 1.165) is 60.2 Å². The lowest BCUT2D eigenvalue weighted by atomic mass is 10.2. The highest BCUT2D eigenvalue weighted by atomic mass is 16.4. The summed E-state index contributed by atoms with van der Waals surface area (Å²) in [6, 6.07) is 0.376. The fourth-order valence-corrected chi connectivity index (χ4v) is 3.27. The van der Waals surface area contributed by atoms with Crippen molar-refractivity contribution in [1.82, 2.24) is 45.0 Å². The number of aromatic nitrogens is 8. The Labute approximate surface area is 173 Å². The summed E-state index contributed by atoms with van der Waals surface area (Å²) in [5.74, 6) is 2.96. The zero-order valence-corrected chi connectivity index (χ0v) is 17.2. The van der Waals surface area contributed by atoms with Crippen LogP contribution in [0.4, 0.5) is 5.82 Å². The molecule has 11 nitrogen and oxygen atoms in total. The van der Waals surface area contributed by atoms with Crippen molar-refractivity contribution < 1.29 is 4.42 Å². The molecule has 1 atom stereocenters. The molecule has 0 aliphatic carbocycles. The Balaban J connectivity index is 0.000000313. The van der Waals surface area contributed by atoms with E-state index >= 15 is 0 Å². The molecular weight excluding hydrogens is 384 g/mol. The highest BCUT2D eigenvalue weighted by Gasteiger charge is 2.20. The minimum absolute atomic E-state index is 0.376. The van der Waals surface area contributed by atoms with Crippen LogP contribution < -0.4 is 10.6 Å². The molecule has 2 N–H and O–H groups in total. The molecule has 5 rings (SSSR count). The minimum atomic E-state index is 0.376. The van der Waals surface area contributed by atoms with Crippen LogP contribution in [0.5, 0.6) is 0 Å². The number of fused-ring (bicyclic) bond motifs is 1. The van der Waals surface area contributed by atoms with Crippen molar-refractivity contribution in [3.05, 3.63) is 36.8 Å². The Morgan fingerprint density at radius 2 is 2.03 bits per heavy atom. The molecule has 1 aliphatic rings. The summed E-state index contributed by atoms with van der Waals surface area (Å²) in [4.78, 5) is 22.2. The number of anilines is 1. The second-order valence-corrected chi connectivity index (χ2v) is 6.88. The van der Waals surface area contributed by atoms with Crippen LogP contribution in [0.15, 0.2) is 29.5 Å². The first kappa shape index (κ1) is 19.8. The normalized spacial score (nSPS) is 15.8. The van der Waals surface area contributed by atoms with Gasteiger partial charge in [0.1, 0.15) is 18.0 Å². The molecule has 0 spiro atoms. The van der Waals surface area contributed by atoms with Crippen molar-refractivity contribution in [2.24, 2.45) is 0 Å². The molecule has 4 aromatic heterocycles. The second-order valence-electron chi connectivity index (χ2n) is 6.88. The molecule has 5 heterocycles. The maximum Gasteiger partial charge on any atom is 0.213 e. The molecule has 0 saturated carbocycles. The number of rotatable bonds is 4. The van der Waals surface area contributed by atoms with Gasteiger partial charge in [0.25, 0.3) is 0 Å². The lowest BCUT2D eigenvalue weighted by molar-refractivity contribution is 0.518. The van der Waals surface area contributed by atoms with Gasteiger partial charge in [0.2, 0.25) is 12.3 Å². The third-order valence-electron chi connectivity index (χ3n) is 4.76. The molecule has 0 radical (unpaired) electrons. The Kier molecular flexibility index (Phi) is 5.89. The first-order valence-corrected chi connectivity index (χ1v) is 9.86. The van der Waals surface area contributed by atoms with Crippen molar-refractivity contribution >= 4 is 17.0 Å². The van der Waals surface area contributed by atoms with Gasteiger partial charge in [-0.05, 0) is 26.8 Å². The summed E-state index contributed by atoms with van der Waals surface area (Å²) in [6.45, 7) is 8.43. The molecule has 1 fully saturated rings. The predicted octanol–water partition coefficient (Wildman–Crippen LogP) is 1.76. The zero-order chi connectivity index (χ0) is 20.9. The third kappa shape index (κ3) is 4.25. The fraction of sp³-hybridized carbons (Fsp3) is 0.421. The lowest BCUT2D eigenvalue weighted by Gasteiger charge is -2.11. The molecule has 11 heteroatoms. The van der Waals surface area contributed by atoms with Crippen molar-refractivity contribution in [2.75, 3.05) is 18.4 Å². The van der Waals surface area contributed by atoms with Crippen molar-refractivity contribution in [1.29, 1.82) is 0 Å². The maximum absolute atomic E-state index is 4.80. The van der Waals surface area contributed by atoms with E-state index in [1.165, 1.54) is 6.39 Å². The standard InChI is InChI=1S/C16H20N8.C3H4N2O/c1-3-24-15(11-6-18-10(2)19-7-11)23-13-14(20-9-21-16(13)24)22-12-4-5-17-8-12;1-3-5-4-2-6-3/h6-7,9,12,17H,3-5,8H2,1-2H3,(H,20,21,22);2H,1H3/t12-;/m0./s1. The molecule has 30 heavy (non-hydrogen) atoms. The molecule has 0 aromatic carbocycles. The first-order chi connectivity index (χ1) is 14.7. The van der Waals surface area contributed by atoms with E-state index in [1.807, 2.05) is 6.92 Å². The highest BCUT2D eigenvalue weighted by Crippen LogP contribution is 2.26. The van der Waals surface area contributed by atoms with Crippen molar-refractivity contribution in [3.8, 4) is 11.4 Å².